The van der Waals surface area contributed by atoms with Crippen molar-refractivity contribution in [2.45, 2.75) is 121 Å². The first-order chi connectivity index (χ1) is 17.3. The quantitative estimate of drug-likeness (QED) is 0.252. The molecule has 0 spiro atoms. The topological polar surface area (TPSA) is 223 Å². The molecule has 4 aliphatic heterocycles. The Bertz CT molecular complexity index is 880. The third kappa shape index (κ3) is 7.20. The number of hydrogen-bond acceptors (Lipinski definition) is 12. The van der Waals surface area contributed by atoms with Crippen LogP contribution in [-0.4, -0.2) is 107 Å². The Hall–Kier alpha value is -1.78. The van der Waals surface area contributed by atoms with Gasteiger partial charge in [0.25, 0.3) is 0 Å². The maximum Gasteiger partial charge on any atom is 0.190 e. The van der Waals surface area contributed by atoms with Gasteiger partial charge in [0.05, 0.1) is 31.4 Å². The molecule has 3 N–H and O–H groups in total. The maximum absolute atomic E-state index is 9.64. The van der Waals surface area contributed by atoms with Crippen LogP contribution in [0.3, 0.4) is 0 Å². The number of rotatable bonds is 6. The number of aliphatic hydroxyl groups excluding tert-OH is 3. The van der Waals surface area contributed by atoms with E-state index >= 15 is 0 Å². The summed E-state index contributed by atoms with van der Waals surface area (Å²) in [5.41, 5.74) is 16.7. The molecule has 10 atom stereocenters. The van der Waals surface area contributed by atoms with Crippen LogP contribution in [0.5, 0.6) is 0 Å². The number of hydrogen-bond donors (Lipinski definition) is 3. The molecule has 37 heavy (non-hydrogen) atoms. The van der Waals surface area contributed by atoms with Gasteiger partial charge < -0.3 is 48.5 Å². The van der Waals surface area contributed by atoms with Gasteiger partial charge in [-0.25, -0.2) is 0 Å². The Balaban J connectivity index is 0.000000209. The predicted molar refractivity (Wildman–Crippen MR) is 123 cm³/mol. The minimum Gasteiger partial charge on any atom is -0.388 e. The summed E-state index contributed by atoms with van der Waals surface area (Å²) < 4.78 is 39.7. The summed E-state index contributed by atoms with van der Waals surface area (Å²) in [7, 11) is 0. The van der Waals surface area contributed by atoms with E-state index in [0.29, 0.717) is 0 Å². The minimum absolute atomic E-state index is 0.139. The third-order valence-electron chi connectivity index (χ3n) is 5.98. The summed E-state index contributed by atoms with van der Waals surface area (Å²) in [5.74, 6) is -1.46. The second-order valence-electron chi connectivity index (χ2n) is 10.2. The van der Waals surface area contributed by atoms with Gasteiger partial charge in [-0.05, 0) is 52.6 Å². The second kappa shape index (κ2) is 11.9. The van der Waals surface area contributed by atoms with Crippen LogP contribution in [0, 0.1) is 0 Å². The molecule has 4 fully saturated rings. The van der Waals surface area contributed by atoms with Gasteiger partial charge in [-0.1, -0.05) is 10.2 Å². The molecule has 0 saturated carbocycles. The average Bonchev–Trinajstić information content (AvgIpc) is 3.31. The van der Waals surface area contributed by atoms with Crippen molar-refractivity contribution in [3.05, 3.63) is 20.9 Å². The molecule has 0 aromatic carbocycles. The van der Waals surface area contributed by atoms with Crippen molar-refractivity contribution in [1.82, 2.24) is 0 Å². The summed E-state index contributed by atoms with van der Waals surface area (Å²) in [5, 5.41) is 35.7. The molecule has 0 radical (unpaired) electrons. The largest absolute Gasteiger partial charge is 0.388 e. The van der Waals surface area contributed by atoms with Gasteiger partial charge in [-0.15, -0.1) is 0 Å². The van der Waals surface area contributed by atoms with Crippen LogP contribution < -0.4 is 0 Å². The van der Waals surface area contributed by atoms with Crippen molar-refractivity contribution >= 4 is 0 Å². The van der Waals surface area contributed by atoms with E-state index in [1.165, 1.54) is 0 Å². The second-order valence-corrected chi connectivity index (χ2v) is 10.2. The summed E-state index contributed by atoms with van der Waals surface area (Å²) in [4.78, 5) is 5.31. The van der Waals surface area contributed by atoms with E-state index in [1.54, 1.807) is 13.8 Å². The fraction of sp³-hybridized carbons (Fsp3) is 1.00. The van der Waals surface area contributed by atoms with Crippen LogP contribution in [0.4, 0.5) is 0 Å². The van der Waals surface area contributed by atoms with Crippen molar-refractivity contribution < 1.29 is 48.5 Å². The van der Waals surface area contributed by atoms with E-state index in [2.05, 4.69) is 20.1 Å². The lowest BCUT2D eigenvalue weighted by atomic mass is 9.99. The highest BCUT2D eigenvalue weighted by atomic mass is 16.9. The Morgan fingerprint density at radius 2 is 1.30 bits per heavy atom. The van der Waals surface area contributed by atoms with Gasteiger partial charge in [-0.2, -0.15) is 0 Å². The molecule has 4 rings (SSSR count). The lowest BCUT2D eigenvalue weighted by molar-refractivity contribution is -0.302. The van der Waals surface area contributed by atoms with Gasteiger partial charge in [0.15, 0.2) is 24.2 Å². The molecule has 4 aliphatic rings. The average molecular weight is 533 g/mol. The van der Waals surface area contributed by atoms with Crippen LogP contribution >= 0.6 is 0 Å². The number of nitrogens with zero attached hydrogens (tertiary/aromatic N) is 6. The van der Waals surface area contributed by atoms with E-state index in [0.717, 1.165) is 0 Å². The fourth-order valence-corrected chi connectivity index (χ4v) is 4.52. The summed E-state index contributed by atoms with van der Waals surface area (Å²) >= 11 is 0. The molecule has 16 heteroatoms. The Morgan fingerprint density at radius 3 is 1.89 bits per heavy atom. The van der Waals surface area contributed by atoms with E-state index in [9.17, 15) is 15.3 Å². The van der Waals surface area contributed by atoms with Crippen molar-refractivity contribution in [3.8, 4) is 0 Å². The van der Waals surface area contributed by atoms with E-state index in [-0.39, 0.29) is 37.5 Å². The van der Waals surface area contributed by atoms with Gasteiger partial charge in [0, 0.05) is 9.82 Å². The first-order valence-corrected chi connectivity index (χ1v) is 12.0. The zero-order valence-corrected chi connectivity index (χ0v) is 21.6. The molecule has 0 bridgehead atoms. The third-order valence-corrected chi connectivity index (χ3v) is 5.98. The fourth-order valence-electron chi connectivity index (χ4n) is 4.52. The SMILES string of the molecule is CC(C)O[C@@H]1OC(CN=[N+]=[N-])[C@@H](O)[C@H](O)C1O.CC1(C)OC2[C@@H](OC(CN=[N+]=[N-])[C@H]3OC(C)(C)O[C@H]23)O1. The van der Waals surface area contributed by atoms with E-state index in [4.69, 9.17) is 44.2 Å². The van der Waals surface area contributed by atoms with Crippen LogP contribution in [-0.2, 0) is 33.2 Å². The lowest BCUT2D eigenvalue weighted by Gasteiger charge is -2.40. The molecule has 0 aromatic heterocycles. The molecule has 4 saturated heterocycles. The highest BCUT2D eigenvalue weighted by Gasteiger charge is 2.60. The number of ether oxygens (including phenoxy) is 7. The van der Waals surface area contributed by atoms with Crippen molar-refractivity contribution in [2.24, 2.45) is 10.2 Å². The Morgan fingerprint density at radius 1 is 0.757 bits per heavy atom. The Labute approximate surface area is 213 Å². The lowest BCUT2D eigenvalue weighted by Crippen LogP contribution is -2.59. The molecule has 16 nitrogen and oxygen atoms in total. The van der Waals surface area contributed by atoms with Crippen LogP contribution in [0.25, 0.3) is 20.9 Å². The van der Waals surface area contributed by atoms with Gasteiger partial charge in [-0.3, -0.25) is 0 Å². The zero-order chi connectivity index (χ0) is 27.5. The van der Waals surface area contributed by atoms with E-state index in [1.807, 2.05) is 27.7 Å². The van der Waals surface area contributed by atoms with Gasteiger partial charge in [0.2, 0.25) is 0 Å². The highest BCUT2D eigenvalue weighted by Crippen LogP contribution is 2.44. The van der Waals surface area contributed by atoms with Crippen molar-refractivity contribution in [1.29, 1.82) is 0 Å². The van der Waals surface area contributed by atoms with Crippen LogP contribution in [0.15, 0.2) is 10.2 Å². The molecule has 4 unspecified atom stereocenters. The number of fused-ring (bicyclic) bond motifs is 3. The summed E-state index contributed by atoms with van der Waals surface area (Å²) in [6.45, 7) is 10.9. The van der Waals surface area contributed by atoms with Gasteiger partial charge >= 0.3 is 0 Å². The number of azide groups is 2. The Kier molecular flexibility index (Phi) is 9.61. The molecule has 0 amide bonds. The zero-order valence-electron chi connectivity index (χ0n) is 21.6. The highest BCUT2D eigenvalue weighted by molar-refractivity contribution is 5.00. The van der Waals surface area contributed by atoms with Gasteiger partial charge in [0.1, 0.15) is 36.6 Å². The van der Waals surface area contributed by atoms with Crippen LogP contribution in [0.1, 0.15) is 41.5 Å². The van der Waals surface area contributed by atoms with Crippen molar-refractivity contribution in [3.63, 3.8) is 0 Å². The molecule has 0 aliphatic carbocycles. The van der Waals surface area contributed by atoms with Crippen LogP contribution in [0.2, 0.25) is 0 Å². The molecule has 4 heterocycles. The molecule has 210 valence electrons. The van der Waals surface area contributed by atoms with Crippen molar-refractivity contribution in [2.75, 3.05) is 13.1 Å². The number of aliphatic hydroxyl groups is 3. The monoisotopic (exact) mass is 532 g/mol. The maximum atomic E-state index is 9.64. The normalized spacial score (nSPS) is 41.5. The predicted octanol–water partition coefficient (Wildman–Crippen LogP) is 1.22. The smallest absolute Gasteiger partial charge is 0.190 e. The first kappa shape index (κ1) is 29.8. The minimum atomic E-state index is -1.40. The van der Waals surface area contributed by atoms with E-state index < -0.39 is 54.7 Å². The summed E-state index contributed by atoms with van der Waals surface area (Å²) in [6.07, 6.45) is -8.14. The molecule has 0 aromatic rings. The first-order valence-electron chi connectivity index (χ1n) is 12.0. The standard InChI is InChI=1S/C12H19N3O5.C9H17N3O5/c1-11(2)17-7-6(5-14-15-13)16-10-9(8(7)18-11)19-12(3,4)20-10;1-4(2)16-9-8(15)7(14)6(13)5(17-9)3-11-12-10/h6-10H,5H2,1-4H3;4-9,13-15H,3H2,1-2H3/t6?,7-,8+,9?,10+;5?,6-,7+,8?,9-/m11/s1. The summed E-state index contributed by atoms with van der Waals surface area (Å²) in [6, 6.07) is 0. The molecular formula is C21H36N6O10. The molecular weight excluding hydrogens is 496 g/mol.